The predicted molar refractivity (Wildman–Crippen MR) is 77.1 cm³/mol. The highest BCUT2D eigenvalue weighted by molar-refractivity contribution is 6.08. The van der Waals surface area contributed by atoms with Gasteiger partial charge in [0.2, 0.25) is 11.8 Å². The van der Waals surface area contributed by atoms with E-state index in [9.17, 15) is 14.7 Å². The highest BCUT2D eigenvalue weighted by Crippen LogP contribution is 2.46. The van der Waals surface area contributed by atoms with E-state index in [2.05, 4.69) is 0 Å². The number of hydrogen-bond donors (Lipinski definition) is 1. The minimum atomic E-state index is -0.705. The lowest BCUT2D eigenvalue weighted by molar-refractivity contribution is -0.143. The highest BCUT2D eigenvalue weighted by atomic mass is 16.3. The number of nitrogens with zero attached hydrogens (tertiary/aromatic N) is 2. The van der Waals surface area contributed by atoms with Crippen LogP contribution in [-0.4, -0.2) is 53.0 Å². The van der Waals surface area contributed by atoms with Gasteiger partial charge in [0.05, 0.1) is 24.5 Å². The molecule has 1 saturated heterocycles. The Labute approximate surface area is 124 Å². The van der Waals surface area contributed by atoms with Crippen LogP contribution in [0.5, 0.6) is 0 Å². The van der Waals surface area contributed by atoms with Crippen molar-refractivity contribution in [2.24, 2.45) is 11.8 Å². The van der Waals surface area contributed by atoms with Gasteiger partial charge >= 0.3 is 0 Å². The summed E-state index contributed by atoms with van der Waals surface area (Å²) >= 11 is 0. The Hall–Kier alpha value is -1.72. The first-order chi connectivity index (χ1) is 10.1. The minimum Gasteiger partial charge on any atom is -0.390 e. The molecule has 1 aromatic carbocycles. The lowest BCUT2D eigenvalue weighted by Crippen LogP contribution is -2.42. The largest absolute Gasteiger partial charge is 0.390 e. The molecule has 21 heavy (non-hydrogen) atoms. The van der Waals surface area contributed by atoms with Gasteiger partial charge in [-0.15, -0.1) is 0 Å². The lowest BCUT2D eigenvalue weighted by Gasteiger charge is -2.24. The molecule has 0 radical (unpaired) electrons. The molecule has 1 aliphatic carbocycles. The van der Waals surface area contributed by atoms with Crippen LogP contribution < -0.4 is 0 Å². The molecule has 1 heterocycles. The van der Waals surface area contributed by atoms with Gasteiger partial charge in [0, 0.05) is 13.1 Å². The van der Waals surface area contributed by atoms with Crippen molar-refractivity contribution in [3.8, 4) is 0 Å². The molecule has 0 bridgehead atoms. The summed E-state index contributed by atoms with van der Waals surface area (Å²) in [4.78, 5) is 26.9. The van der Waals surface area contributed by atoms with Crippen LogP contribution in [0.4, 0.5) is 0 Å². The third-order valence-corrected chi connectivity index (χ3v) is 4.17. The van der Waals surface area contributed by atoms with E-state index in [1.165, 1.54) is 10.5 Å². The Morgan fingerprint density at radius 3 is 2.48 bits per heavy atom. The molecule has 112 valence electrons. The van der Waals surface area contributed by atoms with Crippen molar-refractivity contribution < 1.29 is 14.7 Å². The first-order valence-electron chi connectivity index (χ1n) is 7.32. The maximum atomic E-state index is 11.9. The number of aliphatic hydroxyl groups is 1. The Balaban J connectivity index is 1.49. The Bertz CT molecular complexity index is 526. The number of carbonyl (C=O) groups excluding carboxylic acids is 2. The van der Waals surface area contributed by atoms with Gasteiger partial charge in [0.1, 0.15) is 0 Å². The number of hydrogen-bond acceptors (Lipinski definition) is 4. The fourth-order valence-electron chi connectivity index (χ4n) is 3.02. The van der Waals surface area contributed by atoms with Crippen LogP contribution >= 0.6 is 0 Å². The lowest BCUT2D eigenvalue weighted by atomic mass is 10.2. The van der Waals surface area contributed by atoms with Crippen molar-refractivity contribution in [3.63, 3.8) is 0 Å². The quantitative estimate of drug-likeness (QED) is 0.774. The highest BCUT2D eigenvalue weighted by Gasteiger charge is 2.58. The van der Waals surface area contributed by atoms with Crippen LogP contribution in [0.15, 0.2) is 30.3 Å². The van der Waals surface area contributed by atoms with Crippen LogP contribution in [0.2, 0.25) is 0 Å². The number of piperidine rings is 1. The van der Waals surface area contributed by atoms with Crippen molar-refractivity contribution in [3.05, 3.63) is 35.9 Å². The normalized spacial score (nSPS) is 25.4. The molecule has 2 fully saturated rings. The van der Waals surface area contributed by atoms with Crippen molar-refractivity contribution in [1.82, 2.24) is 9.80 Å². The van der Waals surface area contributed by atoms with Crippen LogP contribution in [0, 0.1) is 11.8 Å². The van der Waals surface area contributed by atoms with Gasteiger partial charge in [-0.3, -0.25) is 19.4 Å². The van der Waals surface area contributed by atoms with Gasteiger partial charge in [0.15, 0.2) is 0 Å². The van der Waals surface area contributed by atoms with Crippen molar-refractivity contribution in [2.45, 2.75) is 19.1 Å². The summed E-state index contributed by atoms with van der Waals surface area (Å²) in [6, 6.07) is 9.99. The number of imide groups is 1. The topological polar surface area (TPSA) is 60.9 Å². The number of aliphatic hydroxyl groups excluding tert-OH is 1. The fourth-order valence-corrected chi connectivity index (χ4v) is 3.02. The number of benzene rings is 1. The van der Waals surface area contributed by atoms with Gasteiger partial charge in [-0.05, 0) is 19.0 Å². The summed E-state index contributed by atoms with van der Waals surface area (Å²) in [6.07, 6.45) is 0.00199. The van der Waals surface area contributed by atoms with Gasteiger partial charge in [-0.25, -0.2) is 0 Å². The average molecular weight is 288 g/mol. The minimum absolute atomic E-state index is 0.0910. The summed E-state index contributed by atoms with van der Waals surface area (Å²) in [7, 11) is 1.92. The van der Waals surface area contributed by atoms with E-state index in [1.807, 2.05) is 42.3 Å². The summed E-state index contributed by atoms with van der Waals surface area (Å²) < 4.78 is 0. The molecule has 3 unspecified atom stereocenters. The number of carbonyl (C=O) groups is 2. The number of fused-ring (bicyclic) bond motifs is 1. The predicted octanol–water partition coefficient (Wildman–Crippen LogP) is 0.484. The second-order valence-corrected chi connectivity index (χ2v) is 6.07. The third-order valence-electron chi connectivity index (χ3n) is 4.17. The number of rotatable bonds is 6. The third kappa shape index (κ3) is 2.99. The van der Waals surface area contributed by atoms with E-state index in [0.717, 1.165) is 6.54 Å². The molecule has 2 aliphatic rings. The summed E-state index contributed by atoms with van der Waals surface area (Å²) in [5.74, 6) is -0.386. The average Bonchev–Trinajstić information content (AvgIpc) is 3.20. The molecule has 1 aliphatic heterocycles. The molecule has 2 amide bonds. The van der Waals surface area contributed by atoms with Gasteiger partial charge in [-0.1, -0.05) is 30.3 Å². The molecule has 1 saturated carbocycles. The molecule has 3 rings (SSSR count). The smallest absolute Gasteiger partial charge is 0.233 e. The molecular formula is C16H20N2O3. The van der Waals surface area contributed by atoms with E-state index in [4.69, 9.17) is 0 Å². The van der Waals surface area contributed by atoms with Crippen LogP contribution in [0.3, 0.4) is 0 Å². The molecule has 5 nitrogen and oxygen atoms in total. The number of β-amino-alcohol motifs (C(OH)–C–C–N with tert-alkyl or cyclic N) is 1. The molecular weight excluding hydrogens is 268 g/mol. The van der Waals surface area contributed by atoms with E-state index in [0.29, 0.717) is 13.0 Å². The monoisotopic (exact) mass is 288 g/mol. The van der Waals surface area contributed by atoms with Crippen LogP contribution in [0.25, 0.3) is 0 Å². The SMILES string of the molecule is CN(Cc1ccccc1)CC(O)CN1C(=O)C2CC2C1=O. The van der Waals surface area contributed by atoms with E-state index < -0.39 is 6.10 Å². The summed E-state index contributed by atoms with van der Waals surface area (Å²) in [5, 5.41) is 10.1. The second-order valence-electron chi connectivity index (χ2n) is 6.07. The molecule has 1 N–H and O–H groups in total. The standard InChI is InChI=1S/C16H20N2O3/c1-17(8-11-5-3-2-4-6-11)9-12(19)10-18-15(20)13-7-14(13)16(18)21/h2-6,12-14,19H,7-10H2,1H3. The van der Waals surface area contributed by atoms with Gasteiger partial charge < -0.3 is 5.11 Å². The maximum Gasteiger partial charge on any atom is 0.233 e. The van der Waals surface area contributed by atoms with E-state index >= 15 is 0 Å². The first kappa shape index (κ1) is 14.2. The zero-order valence-corrected chi connectivity index (χ0v) is 12.1. The molecule has 1 aromatic rings. The van der Waals surface area contributed by atoms with Crippen LogP contribution in [0.1, 0.15) is 12.0 Å². The maximum absolute atomic E-state index is 11.9. The molecule has 0 spiro atoms. The number of likely N-dealkylation sites (tertiary alicyclic amines) is 1. The zero-order valence-electron chi connectivity index (χ0n) is 12.1. The second kappa shape index (κ2) is 5.58. The Kier molecular flexibility index (Phi) is 3.78. The van der Waals surface area contributed by atoms with Crippen molar-refractivity contribution in [2.75, 3.05) is 20.1 Å². The van der Waals surface area contributed by atoms with Crippen LogP contribution in [-0.2, 0) is 16.1 Å². The molecule has 5 heteroatoms. The summed E-state index contributed by atoms with van der Waals surface area (Å²) in [6.45, 7) is 1.27. The number of likely N-dealkylation sites (N-methyl/N-ethyl adjacent to an activating group) is 1. The fraction of sp³-hybridized carbons (Fsp3) is 0.500. The Morgan fingerprint density at radius 2 is 1.86 bits per heavy atom. The van der Waals surface area contributed by atoms with E-state index in [-0.39, 0.29) is 30.2 Å². The van der Waals surface area contributed by atoms with E-state index in [1.54, 1.807) is 0 Å². The van der Waals surface area contributed by atoms with Crippen molar-refractivity contribution in [1.29, 1.82) is 0 Å². The number of amides is 2. The summed E-state index contributed by atoms with van der Waals surface area (Å²) in [5.41, 5.74) is 1.17. The Morgan fingerprint density at radius 1 is 1.24 bits per heavy atom. The molecule has 0 aromatic heterocycles. The zero-order chi connectivity index (χ0) is 15.0. The first-order valence-corrected chi connectivity index (χ1v) is 7.32. The van der Waals surface area contributed by atoms with Gasteiger partial charge in [-0.2, -0.15) is 0 Å². The molecule has 3 atom stereocenters. The van der Waals surface area contributed by atoms with Crippen molar-refractivity contribution >= 4 is 11.8 Å². The van der Waals surface area contributed by atoms with Gasteiger partial charge in [0.25, 0.3) is 0 Å².